The molecule has 0 amide bonds. The van der Waals surface area contributed by atoms with E-state index in [-0.39, 0.29) is 6.04 Å². The van der Waals surface area contributed by atoms with E-state index >= 15 is 0 Å². The molecular weight excluding hydrogens is 254 g/mol. The summed E-state index contributed by atoms with van der Waals surface area (Å²) in [5.74, 6) is 0.752. The van der Waals surface area contributed by atoms with Gasteiger partial charge < -0.3 is 10.4 Å². The van der Waals surface area contributed by atoms with Gasteiger partial charge in [-0.15, -0.1) is 0 Å². The second-order valence-electron chi connectivity index (χ2n) is 5.52. The Balaban J connectivity index is 2.51. The largest absolute Gasteiger partial charge is 0.388 e. The number of aliphatic hydroxyl groups is 1. The minimum atomic E-state index is -0.643. The van der Waals surface area contributed by atoms with Crippen LogP contribution in [0.25, 0.3) is 0 Å². The highest BCUT2D eigenvalue weighted by Gasteiger charge is 2.20. The van der Waals surface area contributed by atoms with Crippen molar-refractivity contribution in [1.82, 2.24) is 5.32 Å². The minimum Gasteiger partial charge on any atom is -0.388 e. The number of hydrogen-bond donors (Lipinski definition) is 2. The molecule has 0 aliphatic carbocycles. The maximum absolute atomic E-state index is 10.1. The Bertz CT molecular complexity index is 362. The van der Waals surface area contributed by atoms with Gasteiger partial charge in [-0.3, -0.25) is 0 Å². The zero-order valence-electron chi connectivity index (χ0n) is 12.6. The minimum absolute atomic E-state index is 0.268. The summed E-state index contributed by atoms with van der Waals surface area (Å²) in [6.45, 7) is 6.84. The molecule has 1 aromatic carbocycles. The van der Waals surface area contributed by atoms with Crippen LogP contribution in [-0.2, 0) is 6.42 Å². The first kappa shape index (κ1) is 16.5. The molecule has 0 fully saturated rings. The van der Waals surface area contributed by atoms with Gasteiger partial charge in [-0.1, -0.05) is 37.6 Å². The van der Waals surface area contributed by atoms with Gasteiger partial charge in [0.25, 0.3) is 0 Å². The Morgan fingerprint density at radius 3 is 2.47 bits per heavy atom. The van der Waals surface area contributed by atoms with Gasteiger partial charge in [-0.25, -0.2) is 0 Å². The summed E-state index contributed by atoms with van der Waals surface area (Å²) in [5, 5.41) is 13.6. The van der Waals surface area contributed by atoms with Gasteiger partial charge in [0.2, 0.25) is 0 Å². The van der Waals surface area contributed by atoms with E-state index in [4.69, 9.17) is 0 Å². The lowest BCUT2D eigenvalue weighted by atomic mass is 10.0. The van der Waals surface area contributed by atoms with E-state index < -0.39 is 5.60 Å². The van der Waals surface area contributed by atoms with E-state index in [9.17, 15) is 5.11 Å². The van der Waals surface area contributed by atoms with Crippen molar-refractivity contribution in [2.24, 2.45) is 0 Å². The molecule has 0 radical (unpaired) electrons. The third kappa shape index (κ3) is 5.98. The molecule has 0 heterocycles. The quantitative estimate of drug-likeness (QED) is 0.766. The molecule has 0 saturated heterocycles. The Labute approximate surface area is 122 Å². The zero-order valence-corrected chi connectivity index (χ0v) is 13.4. The van der Waals surface area contributed by atoms with Crippen LogP contribution >= 0.6 is 11.8 Å². The van der Waals surface area contributed by atoms with Crippen LogP contribution < -0.4 is 5.32 Å². The highest BCUT2D eigenvalue weighted by molar-refractivity contribution is 7.98. The molecule has 1 aromatic rings. The van der Waals surface area contributed by atoms with Crippen LogP contribution in [0.5, 0.6) is 0 Å². The summed E-state index contributed by atoms with van der Waals surface area (Å²) in [4.78, 5) is 0. The normalized spacial score (nSPS) is 16.1. The fourth-order valence-corrected chi connectivity index (χ4v) is 2.84. The van der Waals surface area contributed by atoms with Crippen molar-refractivity contribution in [1.29, 1.82) is 0 Å². The van der Waals surface area contributed by atoms with Crippen molar-refractivity contribution in [2.75, 3.05) is 18.6 Å². The Kier molecular flexibility index (Phi) is 6.90. The first-order valence-corrected chi connectivity index (χ1v) is 8.41. The summed E-state index contributed by atoms with van der Waals surface area (Å²) in [7, 11) is 0. The van der Waals surface area contributed by atoms with Gasteiger partial charge in [0.05, 0.1) is 5.60 Å². The monoisotopic (exact) mass is 281 g/mol. The highest BCUT2D eigenvalue weighted by Crippen LogP contribution is 2.16. The molecule has 108 valence electrons. The van der Waals surface area contributed by atoms with E-state index in [0.29, 0.717) is 6.54 Å². The zero-order chi connectivity index (χ0) is 14.3. The average molecular weight is 281 g/mol. The summed E-state index contributed by atoms with van der Waals surface area (Å²) in [6, 6.07) is 9.05. The number of rotatable bonds is 8. The van der Waals surface area contributed by atoms with Gasteiger partial charge in [-0.05, 0) is 37.7 Å². The number of thioether (sulfide) groups is 1. The fraction of sp³-hybridized carbons (Fsp3) is 0.625. The van der Waals surface area contributed by atoms with Crippen LogP contribution in [0.15, 0.2) is 24.3 Å². The van der Waals surface area contributed by atoms with Crippen molar-refractivity contribution in [3.8, 4) is 0 Å². The molecule has 2 atom stereocenters. The van der Waals surface area contributed by atoms with Crippen molar-refractivity contribution in [2.45, 2.75) is 45.3 Å². The van der Waals surface area contributed by atoms with Gasteiger partial charge in [0, 0.05) is 18.3 Å². The fourth-order valence-electron chi connectivity index (χ4n) is 2.11. The van der Waals surface area contributed by atoms with E-state index in [2.05, 4.69) is 43.4 Å². The lowest BCUT2D eigenvalue weighted by molar-refractivity contribution is 0.0821. The van der Waals surface area contributed by atoms with Crippen LogP contribution in [-0.4, -0.2) is 29.3 Å². The lowest BCUT2D eigenvalue weighted by Gasteiger charge is -2.25. The summed E-state index contributed by atoms with van der Waals surface area (Å²) >= 11 is 1.67. The van der Waals surface area contributed by atoms with Gasteiger partial charge in [0.1, 0.15) is 0 Å². The van der Waals surface area contributed by atoms with Crippen LogP contribution in [0.3, 0.4) is 0 Å². The van der Waals surface area contributed by atoms with Crippen molar-refractivity contribution < 1.29 is 5.11 Å². The highest BCUT2D eigenvalue weighted by atomic mass is 32.2. The Morgan fingerprint density at radius 1 is 1.32 bits per heavy atom. The van der Waals surface area contributed by atoms with Crippen molar-refractivity contribution in [3.05, 3.63) is 35.4 Å². The van der Waals surface area contributed by atoms with E-state index in [1.165, 1.54) is 17.5 Å². The molecule has 1 rings (SSSR count). The Morgan fingerprint density at radius 2 is 1.95 bits per heavy atom. The lowest BCUT2D eigenvalue weighted by Crippen LogP contribution is -2.40. The van der Waals surface area contributed by atoms with Gasteiger partial charge >= 0.3 is 0 Å². The van der Waals surface area contributed by atoms with Crippen LogP contribution in [0.1, 0.15) is 44.4 Å². The molecule has 19 heavy (non-hydrogen) atoms. The molecule has 3 heteroatoms. The predicted molar refractivity (Wildman–Crippen MR) is 85.9 cm³/mol. The van der Waals surface area contributed by atoms with Crippen molar-refractivity contribution in [3.63, 3.8) is 0 Å². The molecule has 0 saturated carbocycles. The van der Waals surface area contributed by atoms with Gasteiger partial charge in [-0.2, -0.15) is 11.8 Å². The van der Waals surface area contributed by atoms with Crippen LogP contribution in [0.2, 0.25) is 0 Å². The molecule has 0 bridgehead atoms. The summed E-state index contributed by atoms with van der Waals surface area (Å²) in [6.07, 6.45) is 4.35. The molecule has 0 spiro atoms. The van der Waals surface area contributed by atoms with E-state index in [1.807, 2.05) is 13.2 Å². The van der Waals surface area contributed by atoms with Crippen molar-refractivity contribution >= 4 is 11.8 Å². The SMILES string of the molecule is CCCc1ccc(C(C)NCC(C)(O)CSC)cc1. The number of hydrogen-bond acceptors (Lipinski definition) is 3. The average Bonchev–Trinajstić information content (AvgIpc) is 2.37. The van der Waals surface area contributed by atoms with E-state index in [0.717, 1.165) is 12.2 Å². The first-order valence-electron chi connectivity index (χ1n) is 7.02. The smallest absolute Gasteiger partial charge is 0.0833 e. The maximum Gasteiger partial charge on any atom is 0.0833 e. The third-order valence-electron chi connectivity index (χ3n) is 3.26. The summed E-state index contributed by atoms with van der Waals surface area (Å²) in [5.41, 5.74) is 2.03. The molecule has 0 aromatic heterocycles. The van der Waals surface area contributed by atoms with Crippen LogP contribution in [0, 0.1) is 0 Å². The number of benzene rings is 1. The molecule has 2 N–H and O–H groups in total. The first-order chi connectivity index (χ1) is 8.98. The number of aryl methyl sites for hydroxylation is 1. The molecule has 2 nitrogen and oxygen atoms in total. The van der Waals surface area contributed by atoms with Gasteiger partial charge in [0.15, 0.2) is 0 Å². The summed E-state index contributed by atoms with van der Waals surface area (Å²) < 4.78 is 0. The maximum atomic E-state index is 10.1. The van der Waals surface area contributed by atoms with E-state index in [1.54, 1.807) is 11.8 Å². The predicted octanol–water partition coefficient (Wildman–Crippen LogP) is 3.40. The number of nitrogens with one attached hydrogen (secondary N) is 1. The second-order valence-corrected chi connectivity index (χ2v) is 6.39. The third-order valence-corrected chi connectivity index (χ3v) is 4.17. The topological polar surface area (TPSA) is 32.3 Å². The Hall–Kier alpha value is -0.510. The second kappa shape index (κ2) is 7.93. The van der Waals surface area contributed by atoms with Crippen LogP contribution in [0.4, 0.5) is 0 Å². The molecule has 0 aliphatic rings. The standard InChI is InChI=1S/C16H27NOS/c1-5-6-14-7-9-15(10-8-14)13(2)17-11-16(3,18)12-19-4/h7-10,13,17-18H,5-6,11-12H2,1-4H3. The molecule has 0 aliphatic heterocycles. The molecular formula is C16H27NOS. The molecule has 2 unspecified atom stereocenters.